The lowest BCUT2D eigenvalue weighted by atomic mass is 10.0. The first-order chi connectivity index (χ1) is 12.9. The highest BCUT2D eigenvalue weighted by Crippen LogP contribution is 2.31. The van der Waals surface area contributed by atoms with Gasteiger partial charge in [0.15, 0.2) is 5.13 Å². The maximum Gasteiger partial charge on any atom is 0.573 e. The number of amides is 1. The van der Waals surface area contributed by atoms with E-state index in [0.29, 0.717) is 21.8 Å². The van der Waals surface area contributed by atoms with Crippen molar-refractivity contribution >= 4 is 39.4 Å². The monoisotopic (exact) mass is 402 g/mol. The van der Waals surface area contributed by atoms with E-state index in [1.165, 1.54) is 35.9 Å². The lowest BCUT2D eigenvalue weighted by molar-refractivity contribution is -0.274. The van der Waals surface area contributed by atoms with Gasteiger partial charge in [-0.25, -0.2) is 4.98 Å². The van der Waals surface area contributed by atoms with Gasteiger partial charge in [-0.15, -0.1) is 13.2 Å². The summed E-state index contributed by atoms with van der Waals surface area (Å²) in [5.41, 5.74) is 0.560. The number of aromatic nitrogens is 1. The Morgan fingerprint density at radius 2 is 2.15 bits per heavy atom. The number of nitrogens with one attached hydrogen (secondary N) is 2. The molecule has 0 aliphatic heterocycles. The van der Waals surface area contributed by atoms with Gasteiger partial charge in [0.1, 0.15) is 5.75 Å². The molecule has 1 amide bonds. The van der Waals surface area contributed by atoms with Crippen molar-refractivity contribution in [2.24, 2.45) is 4.99 Å². The fourth-order valence-electron chi connectivity index (χ4n) is 2.62. The highest BCUT2D eigenvalue weighted by Gasteiger charge is 2.31. The predicted molar refractivity (Wildman–Crippen MR) is 100 cm³/mol. The molecule has 0 bridgehead atoms. The molecule has 6 nitrogen and oxygen atoms in total. The normalized spacial score (nSPS) is 14.3. The van der Waals surface area contributed by atoms with Gasteiger partial charge in [0.2, 0.25) is 6.41 Å². The lowest BCUT2D eigenvalue weighted by Gasteiger charge is -2.21. The summed E-state index contributed by atoms with van der Waals surface area (Å²) in [6, 6.07) is 3.86. The SMILES string of the molecule is CCCC(N=CNc1nc2ccc(OC(F)(F)F)cc2s1)C(CC)NC=O. The lowest BCUT2D eigenvalue weighted by Crippen LogP contribution is -2.37. The number of benzene rings is 1. The average Bonchev–Trinajstić information content (AvgIpc) is 2.99. The molecule has 0 spiro atoms. The molecule has 2 atom stereocenters. The summed E-state index contributed by atoms with van der Waals surface area (Å²) >= 11 is 1.19. The van der Waals surface area contributed by atoms with E-state index in [9.17, 15) is 18.0 Å². The molecule has 2 aromatic rings. The number of hydrogen-bond acceptors (Lipinski definition) is 5. The molecule has 2 N–H and O–H groups in total. The van der Waals surface area contributed by atoms with Crippen LogP contribution in [0.15, 0.2) is 23.2 Å². The third-order valence-electron chi connectivity index (χ3n) is 3.82. The molecule has 2 rings (SSSR count). The quantitative estimate of drug-likeness (QED) is 0.352. The number of aliphatic imine (C=N–C) groups is 1. The van der Waals surface area contributed by atoms with Gasteiger partial charge in [-0.1, -0.05) is 31.6 Å². The van der Waals surface area contributed by atoms with Gasteiger partial charge < -0.3 is 15.4 Å². The summed E-state index contributed by atoms with van der Waals surface area (Å²) in [6.45, 7) is 4.01. The van der Waals surface area contributed by atoms with Crippen LogP contribution in [-0.4, -0.2) is 36.2 Å². The smallest absolute Gasteiger partial charge is 0.406 e. The Hall–Kier alpha value is -2.36. The first kappa shape index (κ1) is 20.9. The number of ether oxygens (including phenoxy) is 1. The van der Waals surface area contributed by atoms with Gasteiger partial charge in [-0.3, -0.25) is 9.79 Å². The zero-order valence-corrected chi connectivity index (χ0v) is 15.7. The Kier molecular flexibility index (Phi) is 7.40. The molecule has 0 aliphatic rings. The van der Waals surface area contributed by atoms with Crippen molar-refractivity contribution in [3.05, 3.63) is 18.2 Å². The van der Waals surface area contributed by atoms with Crippen LogP contribution in [0.5, 0.6) is 5.75 Å². The molecule has 0 saturated heterocycles. The van der Waals surface area contributed by atoms with Crippen LogP contribution in [0.2, 0.25) is 0 Å². The summed E-state index contributed by atoms with van der Waals surface area (Å²) in [4.78, 5) is 19.5. The predicted octanol–water partition coefficient (Wildman–Crippen LogP) is 4.33. The van der Waals surface area contributed by atoms with Crippen LogP contribution >= 0.6 is 11.3 Å². The third-order valence-corrected chi connectivity index (χ3v) is 4.77. The minimum absolute atomic E-state index is 0.0575. The number of carbonyl (C=O) groups excluding carboxylic acids is 1. The van der Waals surface area contributed by atoms with Gasteiger partial charge in [0.05, 0.1) is 28.6 Å². The highest BCUT2D eigenvalue weighted by atomic mass is 32.1. The van der Waals surface area contributed by atoms with Gasteiger partial charge in [0, 0.05) is 6.07 Å². The second kappa shape index (κ2) is 9.54. The van der Waals surface area contributed by atoms with Crippen LogP contribution in [0.3, 0.4) is 0 Å². The van der Waals surface area contributed by atoms with E-state index >= 15 is 0 Å². The highest BCUT2D eigenvalue weighted by molar-refractivity contribution is 7.22. The van der Waals surface area contributed by atoms with Crippen molar-refractivity contribution in [2.45, 2.75) is 51.6 Å². The Morgan fingerprint density at radius 3 is 2.78 bits per heavy atom. The number of anilines is 1. The molecule has 0 fully saturated rings. The Balaban J connectivity index is 2.08. The zero-order chi connectivity index (χ0) is 19.9. The maximum atomic E-state index is 12.3. The third kappa shape index (κ3) is 6.38. The molecule has 1 aromatic heterocycles. The standard InChI is InChI=1S/C17H21F3N4O2S/c1-3-5-13(12(4-2)23-10-25)21-9-22-16-24-14-7-6-11(8-15(14)27-16)26-17(18,19)20/h6-10,12-13H,3-5H2,1-2H3,(H,23,25)(H,21,22,24). The number of alkyl halides is 3. The molecule has 10 heteroatoms. The average molecular weight is 402 g/mol. The fourth-order valence-corrected chi connectivity index (χ4v) is 3.47. The molecular weight excluding hydrogens is 381 g/mol. The topological polar surface area (TPSA) is 75.6 Å². The molecule has 2 unspecified atom stereocenters. The van der Waals surface area contributed by atoms with E-state index in [1.54, 1.807) is 0 Å². The number of nitrogens with zero attached hydrogens (tertiary/aromatic N) is 2. The number of fused-ring (bicyclic) bond motifs is 1. The summed E-state index contributed by atoms with van der Waals surface area (Å²) < 4.78 is 41.4. The molecule has 0 aliphatic carbocycles. The maximum absolute atomic E-state index is 12.3. The van der Waals surface area contributed by atoms with Crippen molar-refractivity contribution in [3.63, 3.8) is 0 Å². The summed E-state index contributed by atoms with van der Waals surface area (Å²) in [5, 5.41) is 6.22. The molecule has 148 valence electrons. The minimum atomic E-state index is -4.73. The van der Waals surface area contributed by atoms with E-state index in [2.05, 4.69) is 25.3 Å². The van der Waals surface area contributed by atoms with Crippen molar-refractivity contribution < 1.29 is 22.7 Å². The molecule has 27 heavy (non-hydrogen) atoms. The minimum Gasteiger partial charge on any atom is -0.406 e. The molecule has 1 aromatic carbocycles. The van der Waals surface area contributed by atoms with Gasteiger partial charge >= 0.3 is 6.36 Å². The van der Waals surface area contributed by atoms with Crippen LogP contribution in [-0.2, 0) is 4.79 Å². The van der Waals surface area contributed by atoms with Crippen molar-refractivity contribution in [3.8, 4) is 5.75 Å². The number of halogens is 3. The van der Waals surface area contributed by atoms with Crippen molar-refractivity contribution in [1.82, 2.24) is 10.3 Å². The van der Waals surface area contributed by atoms with E-state index in [1.807, 2.05) is 13.8 Å². The van der Waals surface area contributed by atoms with Gasteiger partial charge in [0.25, 0.3) is 0 Å². The van der Waals surface area contributed by atoms with Gasteiger partial charge in [-0.05, 0) is 25.0 Å². The number of rotatable bonds is 10. The van der Waals surface area contributed by atoms with E-state index < -0.39 is 6.36 Å². The Labute approximate surface area is 158 Å². The van der Waals surface area contributed by atoms with E-state index in [4.69, 9.17) is 0 Å². The summed E-state index contributed by atoms with van der Waals surface area (Å²) in [5.74, 6) is -0.285. The second-order valence-electron chi connectivity index (χ2n) is 5.77. The summed E-state index contributed by atoms with van der Waals surface area (Å²) in [7, 11) is 0. The van der Waals surface area contributed by atoms with Crippen molar-refractivity contribution in [1.29, 1.82) is 0 Å². The van der Waals surface area contributed by atoms with Crippen LogP contribution in [0.1, 0.15) is 33.1 Å². The van der Waals surface area contributed by atoms with Gasteiger partial charge in [-0.2, -0.15) is 0 Å². The van der Waals surface area contributed by atoms with Crippen LogP contribution in [0, 0.1) is 0 Å². The van der Waals surface area contributed by atoms with Crippen LogP contribution in [0.4, 0.5) is 18.3 Å². The molecule has 0 saturated carbocycles. The molecule has 1 heterocycles. The first-order valence-corrected chi connectivity index (χ1v) is 9.32. The largest absolute Gasteiger partial charge is 0.573 e. The second-order valence-corrected chi connectivity index (χ2v) is 6.80. The first-order valence-electron chi connectivity index (χ1n) is 8.50. The number of thiazole rings is 1. The van der Waals surface area contributed by atoms with Crippen LogP contribution in [0.25, 0.3) is 10.2 Å². The molecule has 0 radical (unpaired) electrons. The van der Waals surface area contributed by atoms with Crippen LogP contribution < -0.4 is 15.4 Å². The Morgan fingerprint density at radius 1 is 1.37 bits per heavy atom. The zero-order valence-electron chi connectivity index (χ0n) is 14.9. The number of carbonyl (C=O) groups is 1. The van der Waals surface area contributed by atoms with Crippen molar-refractivity contribution in [2.75, 3.05) is 5.32 Å². The van der Waals surface area contributed by atoms with E-state index in [0.717, 1.165) is 19.3 Å². The Bertz CT molecular complexity index is 779. The molecular formula is C17H21F3N4O2S. The fraction of sp³-hybridized carbons (Fsp3) is 0.471. The summed E-state index contributed by atoms with van der Waals surface area (Å²) in [6.07, 6.45) is -0.0540. The van der Waals surface area contributed by atoms with E-state index in [-0.39, 0.29) is 17.8 Å². The number of hydrogen-bond donors (Lipinski definition) is 2.